The van der Waals surface area contributed by atoms with Crippen LogP contribution in [0.3, 0.4) is 0 Å². The predicted octanol–water partition coefficient (Wildman–Crippen LogP) is 4.26. The lowest BCUT2D eigenvalue weighted by Crippen LogP contribution is -2.21. The Morgan fingerprint density at radius 3 is 2.52 bits per heavy atom. The number of hydrogen-bond acceptors (Lipinski definition) is 3. The third-order valence-corrected chi connectivity index (χ3v) is 4.49. The van der Waals surface area contributed by atoms with Gasteiger partial charge < -0.3 is 15.8 Å². The highest BCUT2D eigenvalue weighted by Crippen LogP contribution is 2.18. The van der Waals surface area contributed by atoms with Crippen LogP contribution in [-0.2, 0) is 12.8 Å². The second-order valence-corrected chi connectivity index (χ2v) is 6.51. The van der Waals surface area contributed by atoms with Gasteiger partial charge >= 0.3 is 0 Å². The number of benzene rings is 2. The molecule has 0 aliphatic rings. The summed E-state index contributed by atoms with van der Waals surface area (Å²) in [5.74, 6) is 0.945. The molecule has 1 atom stereocenters. The normalized spacial score (nSPS) is 12.1. The molecule has 3 heteroatoms. The van der Waals surface area contributed by atoms with Gasteiger partial charge in [-0.2, -0.15) is 0 Å². The molecule has 0 saturated heterocycles. The Morgan fingerprint density at radius 2 is 1.80 bits per heavy atom. The highest BCUT2D eigenvalue weighted by Gasteiger charge is 2.04. The summed E-state index contributed by atoms with van der Waals surface area (Å²) < 4.78 is 5.88. The molecule has 0 aliphatic carbocycles. The third kappa shape index (κ3) is 6.89. The first-order valence-electron chi connectivity index (χ1n) is 9.47. The Kier molecular flexibility index (Phi) is 8.50. The minimum Gasteiger partial charge on any atom is -0.494 e. The predicted molar refractivity (Wildman–Crippen MR) is 106 cm³/mol. The van der Waals surface area contributed by atoms with E-state index in [0.29, 0.717) is 6.04 Å². The minimum absolute atomic E-state index is 0.339. The van der Waals surface area contributed by atoms with Gasteiger partial charge in [0.05, 0.1) is 6.61 Å². The summed E-state index contributed by atoms with van der Waals surface area (Å²) in [6, 6.07) is 17.6. The van der Waals surface area contributed by atoms with E-state index in [0.717, 1.165) is 51.1 Å². The van der Waals surface area contributed by atoms with Gasteiger partial charge in [-0.3, -0.25) is 0 Å². The number of ether oxygens (including phenoxy) is 1. The van der Waals surface area contributed by atoms with E-state index in [2.05, 4.69) is 67.7 Å². The Hall–Kier alpha value is -1.84. The Bertz CT molecular complexity index is 610. The second-order valence-electron chi connectivity index (χ2n) is 6.51. The van der Waals surface area contributed by atoms with Crippen LogP contribution in [0.25, 0.3) is 0 Å². The van der Waals surface area contributed by atoms with E-state index in [1.807, 2.05) is 0 Å². The van der Waals surface area contributed by atoms with Gasteiger partial charge in [-0.25, -0.2) is 0 Å². The zero-order valence-electron chi connectivity index (χ0n) is 15.6. The molecule has 0 spiro atoms. The molecule has 0 fully saturated rings. The first kappa shape index (κ1) is 19.5. The Labute approximate surface area is 152 Å². The van der Waals surface area contributed by atoms with Crippen molar-refractivity contribution in [1.29, 1.82) is 0 Å². The highest BCUT2D eigenvalue weighted by atomic mass is 16.5. The van der Waals surface area contributed by atoms with E-state index in [1.165, 1.54) is 16.7 Å². The molecular formula is C22H32N2O. The average Bonchev–Trinajstić information content (AvgIpc) is 2.66. The molecule has 2 aromatic carbocycles. The second kappa shape index (κ2) is 10.9. The van der Waals surface area contributed by atoms with Gasteiger partial charge in [0.15, 0.2) is 0 Å². The van der Waals surface area contributed by atoms with Gasteiger partial charge in [0.1, 0.15) is 5.75 Å². The van der Waals surface area contributed by atoms with Crippen molar-refractivity contribution in [2.24, 2.45) is 5.73 Å². The molecular weight excluding hydrogens is 308 g/mol. The molecule has 2 aromatic rings. The van der Waals surface area contributed by atoms with Crippen LogP contribution >= 0.6 is 0 Å². The number of aryl methyl sites for hydroxylation is 2. The third-order valence-electron chi connectivity index (χ3n) is 4.49. The zero-order chi connectivity index (χ0) is 17.9. The standard InChI is InChI=1S/C22H32N2O/c1-3-19-7-4-8-20(17-19)9-5-16-25-22-12-10-21(11-13-22)18(2)24-15-6-14-23/h4,7-8,10-13,17-18,24H,3,5-6,9,14-16,23H2,1-2H3. The number of rotatable bonds is 11. The topological polar surface area (TPSA) is 47.3 Å². The van der Waals surface area contributed by atoms with E-state index in [4.69, 9.17) is 10.5 Å². The van der Waals surface area contributed by atoms with Crippen LogP contribution in [0, 0.1) is 0 Å². The number of nitrogens with two attached hydrogens (primary N) is 1. The van der Waals surface area contributed by atoms with E-state index in [-0.39, 0.29) is 0 Å². The van der Waals surface area contributed by atoms with Crippen molar-refractivity contribution in [3.05, 3.63) is 65.2 Å². The summed E-state index contributed by atoms with van der Waals surface area (Å²) in [5, 5.41) is 3.48. The first-order chi connectivity index (χ1) is 12.2. The highest BCUT2D eigenvalue weighted by molar-refractivity contribution is 5.29. The molecule has 0 heterocycles. The van der Waals surface area contributed by atoms with Crippen LogP contribution < -0.4 is 15.8 Å². The molecule has 0 amide bonds. The smallest absolute Gasteiger partial charge is 0.119 e. The van der Waals surface area contributed by atoms with Crippen molar-refractivity contribution in [3.8, 4) is 5.75 Å². The maximum atomic E-state index is 5.88. The van der Waals surface area contributed by atoms with Crippen molar-refractivity contribution in [1.82, 2.24) is 5.32 Å². The molecule has 0 aromatic heterocycles. The summed E-state index contributed by atoms with van der Waals surface area (Å²) in [6.45, 7) is 6.81. The van der Waals surface area contributed by atoms with Gasteiger partial charge in [-0.05, 0) is 74.5 Å². The Balaban J connectivity index is 1.72. The van der Waals surface area contributed by atoms with Crippen molar-refractivity contribution in [3.63, 3.8) is 0 Å². The van der Waals surface area contributed by atoms with Crippen LogP contribution in [-0.4, -0.2) is 19.7 Å². The molecule has 0 aliphatic heterocycles. The van der Waals surface area contributed by atoms with Crippen LogP contribution in [0.2, 0.25) is 0 Å². The summed E-state index contributed by atoms with van der Waals surface area (Å²) in [6.07, 6.45) is 4.20. The molecule has 0 radical (unpaired) electrons. The van der Waals surface area contributed by atoms with Crippen LogP contribution in [0.5, 0.6) is 5.75 Å². The lowest BCUT2D eigenvalue weighted by Gasteiger charge is -2.14. The first-order valence-corrected chi connectivity index (χ1v) is 9.47. The monoisotopic (exact) mass is 340 g/mol. The lowest BCUT2D eigenvalue weighted by molar-refractivity contribution is 0.311. The van der Waals surface area contributed by atoms with Gasteiger partial charge in [0.25, 0.3) is 0 Å². The van der Waals surface area contributed by atoms with E-state index < -0.39 is 0 Å². The van der Waals surface area contributed by atoms with Gasteiger partial charge in [-0.15, -0.1) is 0 Å². The van der Waals surface area contributed by atoms with Gasteiger partial charge in [0.2, 0.25) is 0 Å². The zero-order valence-corrected chi connectivity index (χ0v) is 15.6. The fraction of sp³-hybridized carbons (Fsp3) is 0.455. The maximum absolute atomic E-state index is 5.88. The summed E-state index contributed by atoms with van der Waals surface area (Å²) >= 11 is 0. The molecule has 136 valence electrons. The average molecular weight is 341 g/mol. The number of hydrogen-bond donors (Lipinski definition) is 2. The van der Waals surface area contributed by atoms with Gasteiger partial charge in [-0.1, -0.05) is 43.3 Å². The fourth-order valence-electron chi connectivity index (χ4n) is 2.86. The molecule has 3 N–H and O–H groups in total. The van der Waals surface area contributed by atoms with Crippen molar-refractivity contribution < 1.29 is 4.74 Å². The molecule has 25 heavy (non-hydrogen) atoms. The molecule has 0 saturated carbocycles. The molecule has 2 rings (SSSR count). The lowest BCUT2D eigenvalue weighted by atomic mass is 10.1. The summed E-state index contributed by atoms with van der Waals surface area (Å²) in [7, 11) is 0. The fourth-order valence-corrected chi connectivity index (χ4v) is 2.86. The minimum atomic E-state index is 0.339. The SMILES string of the molecule is CCc1cccc(CCCOc2ccc(C(C)NCCCN)cc2)c1. The van der Waals surface area contributed by atoms with E-state index in [9.17, 15) is 0 Å². The van der Waals surface area contributed by atoms with Crippen LogP contribution in [0.15, 0.2) is 48.5 Å². The number of nitrogens with one attached hydrogen (secondary N) is 1. The van der Waals surface area contributed by atoms with Crippen LogP contribution in [0.4, 0.5) is 0 Å². The summed E-state index contributed by atoms with van der Waals surface area (Å²) in [5.41, 5.74) is 9.61. The molecule has 0 bridgehead atoms. The molecule has 1 unspecified atom stereocenters. The largest absolute Gasteiger partial charge is 0.494 e. The van der Waals surface area contributed by atoms with Gasteiger partial charge in [0, 0.05) is 6.04 Å². The maximum Gasteiger partial charge on any atom is 0.119 e. The van der Waals surface area contributed by atoms with E-state index >= 15 is 0 Å². The van der Waals surface area contributed by atoms with E-state index in [1.54, 1.807) is 0 Å². The Morgan fingerprint density at radius 1 is 1.04 bits per heavy atom. The van der Waals surface area contributed by atoms with Crippen molar-refractivity contribution in [2.75, 3.05) is 19.7 Å². The molecule has 3 nitrogen and oxygen atoms in total. The van der Waals surface area contributed by atoms with Crippen molar-refractivity contribution >= 4 is 0 Å². The van der Waals surface area contributed by atoms with Crippen molar-refractivity contribution in [2.45, 2.75) is 45.6 Å². The quantitative estimate of drug-likeness (QED) is 0.601. The summed E-state index contributed by atoms with van der Waals surface area (Å²) in [4.78, 5) is 0. The van der Waals surface area contributed by atoms with Crippen LogP contribution in [0.1, 0.15) is 49.4 Å².